The van der Waals surface area contributed by atoms with Crippen molar-refractivity contribution < 1.29 is 9.15 Å². The van der Waals surface area contributed by atoms with Gasteiger partial charge in [0.2, 0.25) is 5.88 Å². The number of aromatic nitrogens is 2. The Labute approximate surface area is 147 Å². The third-order valence-electron chi connectivity index (χ3n) is 3.98. The Morgan fingerprint density at radius 2 is 1.96 bits per heavy atom. The summed E-state index contributed by atoms with van der Waals surface area (Å²) in [5, 5.41) is 2.16. The van der Waals surface area contributed by atoms with Gasteiger partial charge >= 0.3 is 5.63 Å². The molecule has 4 rings (SSSR count). The monoisotopic (exact) mass is 352 g/mol. The Balaban J connectivity index is 1.76. The number of halogens is 1. The smallest absolute Gasteiger partial charge is 0.336 e. The van der Waals surface area contributed by atoms with E-state index < -0.39 is 5.63 Å². The highest BCUT2D eigenvalue weighted by Gasteiger charge is 2.11. The van der Waals surface area contributed by atoms with Crippen LogP contribution >= 0.6 is 11.6 Å². The molecule has 0 saturated carbocycles. The number of hydrogen-bond acceptors (Lipinski definition) is 5. The Bertz CT molecular complexity index is 1150. The second kappa shape index (κ2) is 6.18. The highest BCUT2D eigenvalue weighted by Crippen LogP contribution is 2.27. The molecule has 0 saturated heterocycles. The average Bonchev–Trinajstić information content (AvgIpc) is 2.61. The number of rotatable bonds is 3. The van der Waals surface area contributed by atoms with Gasteiger partial charge in [-0.25, -0.2) is 14.8 Å². The van der Waals surface area contributed by atoms with Crippen LogP contribution in [0.1, 0.15) is 11.1 Å². The van der Waals surface area contributed by atoms with Gasteiger partial charge in [0.1, 0.15) is 18.5 Å². The molecule has 2 aromatic carbocycles. The van der Waals surface area contributed by atoms with Crippen LogP contribution in [-0.2, 0) is 6.61 Å². The summed E-state index contributed by atoms with van der Waals surface area (Å²) in [6.07, 6.45) is 1.45. The summed E-state index contributed by atoms with van der Waals surface area (Å²) in [7, 11) is 0. The number of hydrogen-bond donors (Lipinski definition) is 0. The molecular formula is C19H13ClN2O3. The van der Waals surface area contributed by atoms with E-state index in [0.29, 0.717) is 22.0 Å². The minimum Gasteiger partial charge on any atom is -0.472 e. The van der Waals surface area contributed by atoms with E-state index in [2.05, 4.69) is 9.97 Å². The molecule has 0 radical (unpaired) electrons. The van der Waals surface area contributed by atoms with Crippen molar-refractivity contribution in [1.29, 1.82) is 0 Å². The molecule has 5 nitrogen and oxygen atoms in total. The van der Waals surface area contributed by atoms with Crippen molar-refractivity contribution in [3.63, 3.8) is 0 Å². The molecule has 124 valence electrons. The molecule has 0 bridgehead atoms. The zero-order valence-electron chi connectivity index (χ0n) is 13.3. The predicted molar refractivity (Wildman–Crippen MR) is 96.1 cm³/mol. The molecule has 0 atom stereocenters. The number of fused-ring (bicyclic) bond motifs is 2. The van der Waals surface area contributed by atoms with Gasteiger partial charge in [0.05, 0.1) is 10.9 Å². The van der Waals surface area contributed by atoms with Gasteiger partial charge in [-0.15, -0.1) is 0 Å². The molecule has 25 heavy (non-hydrogen) atoms. The molecule has 6 heteroatoms. The lowest BCUT2D eigenvalue weighted by atomic mass is 10.1. The molecule has 0 aliphatic rings. The molecule has 0 aliphatic carbocycles. The van der Waals surface area contributed by atoms with Crippen LogP contribution in [0.3, 0.4) is 0 Å². The molecule has 0 spiro atoms. The highest BCUT2D eigenvalue weighted by molar-refractivity contribution is 6.32. The van der Waals surface area contributed by atoms with Crippen molar-refractivity contribution >= 4 is 33.5 Å². The van der Waals surface area contributed by atoms with Crippen molar-refractivity contribution in [3.05, 3.63) is 75.4 Å². The maximum Gasteiger partial charge on any atom is 0.336 e. The summed E-state index contributed by atoms with van der Waals surface area (Å²) >= 11 is 6.21. The topological polar surface area (TPSA) is 65.2 Å². The van der Waals surface area contributed by atoms with Crippen molar-refractivity contribution in [2.75, 3.05) is 0 Å². The number of ether oxygens (including phenoxy) is 1. The highest BCUT2D eigenvalue weighted by atomic mass is 35.5. The van der Waals surface area contributed by atoms with E-state index in [0.717, 1.165) is 21.9 Å². The van der Waals surface area contributed by atoms with Gasteiger partial charge in [0.25, 0.3) is 0 Å². The fourth-order valence-electron chi connectivity index (χ4n) is 2.71. The maximum atomic E-state index is 11.8. The molecule has 0 fully saturated rings. The van der Waals surface area contributed by atoms with E-state index in [1.807, 2.05) is 31.2 Å². The minimum atomic E-state index is -0.430. The van der Waals surface area contributed by atoms with Gasteiger partial charge in [-0.2, -0.15) is 0 Å². The summed E-state index contributed by atoms with van der Waals surface area (Å²) in [4.78, 5) is 20.2. The molecule has 4 aromatic rings. The van der Waals surface area contributed by atoms with Crippen LogP contribution in [0.15, 0.2) is 58.0 Å². The fourth-order valence-corrected chi connectivity index (χ4v) is 2.87. The first kappa shape index (κ1) is 15.6. The summed E-state index contributed by atoms with van der Waals surface area (Å²) in [5.41, 5.74) is 2.39. The number of benzene rings is 2. The zero-order valence-corrected chi connectivity index (χ0v) is 14.1. The minimum absolute atomic E-state index is 0.169. The van der Waals surface area contributed by atoms with Crippen LogP contribution in [0, 0.1) is 6.92 Å². The molecule has 0 amide bonds. The summed E-state index contributed by atoms with van der Waals surface area (Å²) in [6, 6.07) is 12.5. The predicted octanol–water partition coefficient (Wildman–Crippen LogP) is 4.28. The van der Waals surface area contributed by atoms with Gasteiger partial charge in [0.15, 0.2) is 0 Å². The van der Waals surface area contributed by atoms with E-state index in [-0.39, 0.29) is 6.61 Å². The lowest BCUT2D eigenvalue weighted by Crippen LogP contribution is -2.05. The zero-order chi connectivity index (χ0) is 17.4. The largest absolute Gasteiger partial charge is 0.472 e. The van der Waals surface area contributed by atoms with Crippen LogP contribution in [0.2, 0.25) is 5.02 Å². The van der Waals surface area contributed by atoms with Crippen LogP contribution in [0.25, 0.3) is 21.9 Å². The third-order valence-corrected chi connectivity index (χ3v) is 4.39. The molecule has 2 heterocycles. The standard InChI is InChI=1S/C19H13ClN2O3/c1-11-6-17-14(8-15(11)20)12(7-18(23)25-17)9-24-19-13-4-2-3-5-16(13)21-10-22-19/h2-8,10H,9H2,1H3. The second-order valence-electron chi connectivity index (χ2n) is 5.67. The maximum absolute atomic E-state index is 11.8. The molecule has 2 aromatic heterocycles. The summed E-state index contributed by atoms with van der Waals surface area (Å²) in [6.45, 7) is 2.03. The van der Waals surface area contributed by atoms with E-state index in [1.165, 1.54) is 12.4 Å². The van der Waals surface area contributed by atoms with E-state index in [9.17, 15) is 4.79 Å². The van der Waals surface area contributed by atoms with Crippen LogP contribution in [0.5, 0.6) is 5.88 Å². The van der Waals surface area contributed by atoms with Gasteiger partial charge in [-0.1, -0.05) is 23.7 Å². The Hall–Kier alpha value is -2.92. The van der Waals surface area contributed by atoms with Crippen molar-refractivity contribution in [2.45, 2.75) is 13.5 Å². The average molecular weight is 353 g/mol. The van der Waals surface area contributed by atoms with Crippen molar-refractivity contribution in [3.8, 4) is 5.88 Å². The van der Waals surface area contributed by atoms with E-state index >= 15 is 0 Å². The van der Waals surface area contributed by atoms with Crippen LogP contribution in [-0.4, -0.2) is 9.97 Å². The lowest BCUT2D eigenvalue weighted by Gasteiger charge is -2.10. The third kappa shape index (κ3) is 2.94. The second-order valence-corrected chi connectivity index (χ2v) is 6.08. The quantitative estimate of drug-likeness (QED) is 0.515. The van der Waals surface area contributed by atoms with E-state index in [1.54, 1.807) is 12.1 Å². The van der Waals surface area contributed by atoms with Gasteiger partial charge < -0.3 is 9.15 Å². The van der Waals surface area contributed by atoms with Crippen LogP contribution < -0.4 is 10.4 Å². The fraction of sp³-hybridized carbons (Fsp3) is 0.105. The Morgan fingerprint density at radius 3 is 2.84 bits per heavy atom. The molecule has 0 N–H and O–H groups in total. The van der Waals surface area contributed by atoms with Crippen molar-refractivity contribution in [2.24, 2.45) is 0 Å². The summed E-state index contributed by atoms with van der Waals surface area (Å²) < 4.78 is 11.1. The Morgan fingerprint density at radius 1 is 1.12 bits per heavy atom. The first-order valence-electron chi connectivity index (χ1n) is 7.67. The van der Waals surface area contributed by atoms with Gasteiger partial charge in [-0.3, -0.25) is 0 Å². The van der Waals surface area contributed by atoms with Crippen LogP contribution in [0.4, 0.5) is 0 Å². The number of nitrogens with zero attached hydrogens (tertiary/aromatic N) is 2. The summed E-state index contributed by atoms with van der Waals surface area (Å²) in [5.74, 6) is 0.463. The van der Waals surface area contributed by atoms with Crippen molar-refractivity contribution in [1.82, 2.24) is 9.97 Å². The first-order valence-corrected chi connectivity index (χ1v) is 8.05. The van der Waals surface area contributed by atoms with Gasteiger partial charge in [-0.05, 0) is 36.8 Å². The molecular weight excluding hydrogens is 340 g/mol. The Kier molecular flexibility index (Phi) is 3.86. The molecule has 0 unspecified atom stereocenters. The normalized spacial score (nSPS) is 11.1. The van der Waals surface area contributed by atoms with Gasteiger partial charge in [0, 0.05) is 22.0 Å². The van der Waals surface area contributed by atoms with E-state index in [4.69, 9.17) is 20.8 Å². The number of aryl methyl sites for hydroxylation is 1. The SMILES string of the molecule is Cc1cc2oc(=O)cc(COc3ncnc4ccccc34)c2cc1Cl. The number of para-hydroxylation sites is 1. The molecule has 0 aliphatic heterocycles. The first-order chi connectivity index (χ1) is 12.1. The lowest BCUT2D eigenvalue weighted by molar-refractivity contribution is 0.298.